The maximum Gasteiger partial charge on any atom is 0.189 e. The molecule has 0 N–H and O–H groups in total. The zero-order valence-corrected chi connectivity index (χ0v) is 80.0. The van der Waals surface area contributed by atoms with Gasteiger partial charge < -0.3 is 27.4 Å². The summed E-state index contributed by atoms with van der Waals surface area (Å²) in [4.78, 5) is 7.41. The summed E-state index contributed by atoms with van der Waals surface area (Å²) in [6.07, 6.45) is 0. The van der Waals surface area contributed by atoms with Crippen molar-refractivity contribution in [3.8, 4) is 143 Å². The molecule has 0 saturated heterocycles. The highest BCUT2D eigenvalue weighted by atomic mass is 15.0. The Morgan fingerprint density at radius 2 is 0.413 bits per heavy atom. The number of rotatable bonds is 12. The third-order valence-electron chi connectivity index (χ3n) is 28.9. The fourth-order valence-electron chi connectivity index (χ4n) is 22.4. The molecule has 0 unspecified atom stereocenters. The standard InChI is InChI=1S/3C45H25N5/c1-48-32-20-21-38-39-24-29(27-46)18-22-44(39)50(45(38)26-32)41-15-7-4-12-35(41)34-11-3-2-10-33(34)30-19-23-40(31(25-30)28-47)49-42-16-8-5-13-36(42)37-14-6-9-17-43(37)49;1-48-32-20-23-45-39(26-32)38-24-29(27-46)18-21-44(38)50(45)41-15-7-4-12-35(41)34-11-3-2-10-33(34)30-19-22-40(31(25-30)28-47)49-42-16-8-5-13-36(42)37-14-6-9-17-43(37)49;46-26-29-20-22-43-38(24-29)45-31(27-47)10-9-19-44(45)50(43)40-16-6-3-13-35(40)34-12-2-1-11-33(34)30-21-23-39(32(25-30)28-48)49-41-17-7-4-14-36(41)37-15-5-8-18-42(37)49/h2*2-26H;1-25H. The quantitative estimate of drug-likeness (QED) is 0.108. The van der Waals surface area contributed by atoms with Gasteiger partial charge in [0.1, 0.15) is 18.2 Å². The van der Waals surface area contributed by atoms with E-state index in [2.05, 4.69) is 286 Å². The lowest BCUT2D eigenvalue weighted by Crippen LogP contribution is -1.99. The summed E-state index contributed by atoms with van der Waals surface area (Å²) in [6, 6.07) is 169. The first-order chi connectivity index (χ1) is 74.0. The van der Waals surface area contributed by atoms with Crippen LogP contribution in [0.15, 0.2) is 455 Å². The van der Waals surface area contributed by atoms with Crippen LogP contribution < -0.4 is 0 Å². The van der Waals surface area contributed by atoms with E-state index in [-0.39, 0.29) is 0 Å². The summed E-state index contributed by atoms with van der Waals surface area (Å²) in [6.45, 7) is 15.3. The Balaban J connectivity index is 0.000000116. The lowest BCUT2D eigenvalue weighted by atomic mass is 9.92. The monoisotopic (exact) mass is 1910 g/mol. The third kappa shape index (κ3) is 14.7. The second kappa shape index (κ2) is 37.0. The van der Waals surface area contributed by atoms with Crippen LogP contribution in [0.25, 0.3) is 241 Å². The first-order valence-corrected chi connectivity index (χ1v) is 48.8. The second-order valence-corrected chi connectivity index (χ2v) is 36.8. The Kier molecular flexibility index (Phi) is 22.0. The molecule has 150 heavy (non-hydrogen) atoms. The molecule has 15 heteroatoms. The van der Waals surface area contributed by atoms with Crippen molar-refractivity contribution in [3.05, 3.63) is 517 Å². The first-order valence-electron chi connectivity index (χ1n) is 48.8. The fraction of sp³-hybridized carbons (Fsp3) is 0. The van der Waals surface area contributed by atoms with E-state index >= 15 is 0 Å². The number of hydrogen-bond acceptors (Lipinski definition) is 7. The summed E-state index contributed by atoms with van der Waals surface area (Å²) >= 11 is 0. The molecule has 6 aromatic heterocycles. The minimum absolute atomic E-state index is 0.542. The van der Waals surface area contributed by atoms with Gasteiger partial charge in [0.25, 0.3) is 0 Å². The molecular weight excluding hydrogens is 1830 g/mol. The maximum absolute atomic E-state index is 10.6. The van der Waals surface area contributed by atoms with Crippen molar-refractivity contribution in [1.82, 2.24) is 27.4 Å². The average Bonchev–Trinajstić information content (AvgIpc) is 1.54. The number of benzene rings is 21. The molecule has 0 bridgehead atoms. The number of nitrogens with zero attached hydrogens (tertiary/aromatic N) is 15. The lowest BCUT2D eigenvalue weighted by molar-refractivity contribution is 1.17. The van der Waals surface area contributed by atoms with Gasteiger partial charge in [-0.15, -0.1) is 0 Å². The zero-order chi connectivity index (χ0) is 101. The molecule has 27 rings (SSSR count). The van der Waals surface area contributed by atoms with Crippen LogP contribution in [0.1, 0.15) is 38.9 Å². The molecule has 27 aromatic rings. The minimum Gasteiger partial charge on any atom is -0.310 e. The highest BCUT2D eigenvalue weighted by Gasteiger charge is 2.28. The van der Waals surface area contributed by atoms with Crippen molar-refractivity contribution < 1.29 is 0 Å². The summed E-state index contributed by atoms with van der Waals surface area (Å²) in [5.41, 5.74) is 34.3. The van der Waals surface area contributed by atoms with Gasteiger partial charge >= 0.3 is 0 Å². The number of fused-ring (bicyclic) bond motifs is 18. The Morgan fingerprint density at radius 1 is 0.160 bits per heavy atom. The molecule has 15 nitrogen and oxygen atoms in total. The largest absolute Gasteiger partial charge is 0.310 e. The first kappa shape index (κ1) is 89.2. The highest BCUT2D eigenvalue weighted by Crippen LogP contribution is 2.49. The van der Waals surface area contributed by atoms with E-state index in [1.165, 1.54) is 0 Å². The van der Waals surface area contributed by atoms with Gasteiger partial charge in [0.2, 0.25) is 0 Å². The van der Waals surface area contributed by atoms with Crippen molar-refractivity contribution in [3.63, 3.8) is 0 Å². The van der Waals surface area contributed by atoms with Gasteiger partial charge in [0, 0.05) is 81.5 Å². The maximum atomic E-state index is 10.6. The van der Waals surface area contributed by atoms with Crippen molar-refractivity contribution in [2.45, 2.75) is 0 Å². The van der Waals surface area contributed by atoms with E-state index in [1.807, 2.05) is 249 Å². The molecule has 0 radical (unpaired) electrons. The molecular formula is C135H75N15. The summed E-state index contributed by atoms with van der Waals surface area (Å²) in [5, 5.41) is 83.2. The van der Waals surface area contributed by atoms with Gasteiger partial charge in [-0.05, 0) is 231 Å². The van der Waals surface area contributed by atoms with E-state index in [0.29, 0.717) is 50.3 Å². The van der Waals surface area contributed by atoms with Crippen molar-refractivity contribution in [2.75, 3.05) is 0 Å². The number of hydrogen-bond donors (Lipinski definition) is 0. The normalized spacial score (nSPS) is 11.1. The van der Waals surface area contributed by atoms with E-state index in [1.54, 1.807) is 0 Å². The molecule has 0 aliphatic heterocycles. The summed E-state index contributed by atoms with van der Waals surface area (Å²) in [7, 11) is 0. The Labute approximate surface area is 860 Å². The van der Waals surface area contributed by atoms with Crippen LogP contribution in [0.4, 0.5) is 11.4 Å². The van der Waals surface area contributed by atoms with Gasteiger partial charge in [-0.3, -0.25) is 0 Å². The summed E-state index contributed by atoms with van der Waals surface area (Å²) in [5.74, 6) is 0. The van der Waals surface area contributed by atoms with Gasteiger partial charge in [-0.1, -0.05) is 279 Å². The van der Waals surface area contributed by atoms with Crippen LogP contribution in [0.2, 0.25) is 0 Å². The Bertz CT molecular complexity index is 10400. The molecule has 0 aliphatic carbocycles. The fourth-order valence-corrected chi connectivity index (χ4v) is 22.4. The number of aromatic nitrogens is 6. The molecule has 6 heterocycles. The van der Waals surface area contributed by atoms with Gasteiger partial charge in [0.15, 0.2) is 11.4 Å². The molecule has 21 aromatic carbocycles. The SMILES string of the molecule is N#Cc1ccc2c(c1)c1c(C#N)cccc1n2-c1ccccc1-c1ccccc1-c1ccc(-n2c3ccccc3c3ccccc32)c(C#N)c1.[C-]#[N+]c1ccc2c(c1)c1cc(C#N)ccc1n2-c1ccccc1-c1ccccc1-c1ccc(-n2c3ccccc3c3ccccc32)c(C#N)c1.[C-]#[N+]c1ccc2c3cc(C#N)ccc3n(-c3ccccc3-c3ccccc3-c3ccc(-n4c5ccccc5c5ccccc54)c(C#N)c3)c2c1. The van der Waals surface area contributed by atoms with Crippen LogP contribution in [0.5, 0.6) is 0 Å². The highest BCUT2D eigenvalue weighted by molar-refractivity contribution is 6.17. The van der Waals surface area contributed by atoms with Crippen LogP contribution >= 0.6 is 0 Å². The van der Waals surface area contributed by atoms with E-state index in [9.17, 15) is 36.8 Å². The van der Waals surface area contributed by atoms with Gasteiger partial charge in [0.05, 0.1) is 171 Å². The zero-order valence-electron chi connectivity index (χ0n) is 80.0. The lowest BCUT2D eigenvalue weighted by Gasteiger charge is -2.18. The second-order valence-electron chi connectivity index (χ2n) is 36.8. The molecule has 0 fully saturated rings. The molecule has 0 spiro atoms. The van der Waals surface area contributed by atoms with Crippen LogP contribution in [-0.4, -0.2) is 27.4 Å². The average molecular weight is 1910 g/mol. The van der Waals surface area contributed by atoms with E-state index in [0.717, 1.165) is 232 Å². The molecule has 0 saturated carbocycles. The van der Waals surface area contributed by atoms with Gasteiger partial charge in [-0.2, -0.15) is 36.8 Å². The molecule has 690 valence electrons. The Morgan fingerprint density at radius 3 is 0.767 bits per heavy atom. The third-order valence-corrected chi connectivity index (χ3v) is 28.9. The summed E-state index contributed by atoms with van der Waals surface area (Å²) < 4.78 is 13.2. The van der Waals surface area contributed by atoms with Crippen molar-refractivity contribution in [2.24, 2.45) is 0 Å². The van der Waals surface area contributed by atoms with Gasteiger partial charge in [-0.25, -0.2) is 9.69 Å². The number of nitriles is 7. The van der Waals surface area contributed by atoms with Crippen LogP contribution in [0, 0.1) is 92.5 Å². The Hall–Kier alpha value is -22.2. The van der Waals surface area contributed by atoms with E-state index in [4.69, 9.17) is 13.1 Å². The minimum atomic E-state index is 0.542. The molecule has 0 atom stereocenters. The van der Waals surface area contributed by atoms with Crippen molar-refractivity contribution in [1.29, 1.82) is 36.8 Å². The van der Waals surface area contributed by atoms with Crippen LogP contribution in [-0.2, 0) is 0 Å². The molecule has 0 amide bonds. The molecule has 0 aliphatic rings. The van der Waals surface area contributed by atoms with E-state index < -0.39 is 0 Å². The smallest absolute Gasteiger partial charge is 0.189 e. The topological polar surface area (TPSA) is 205 Å². The van der Waals surface area contributed by atoms with Crippen molar-refractivity contribution >= 4 is 142 Å². The number of para-hydroxylation sites is 9. The van der Waals surface area contributed by atoms with Crippen LogP contribution in [0.3, 0.4) is 0 Å². The predicted octanol–water partition coefficient (Wildman–Crippen LogP) is 33.8. The predicted molar refractivity (Wildman–Crippen MR) is 604 cm³/mol.